The van der Waals surface area contributed by atoms with Gasteiger partial charge in [-0.1, -0.05) is 30.3 Å². The number of fused-ring (bicyclic) bond motifs is 1. The Kier molecular flexibility index (Phi) is 8.68. The van der Waals surface area contributed by atoms with Gasteiger partial charge >= 0.3 is 0 Å². The van der Waals surface area contributed by atoms with Gasteiger partial charge in [-0.15, -0.1) is 0 Å². The number of benzene rings is 2. The highest BCUT2D eigenvalue weighted by Crippen LogP contribution is 2.37. The molecule has 210 valence electrons. The Morgan fingerprint density at radius 3 is 2.56 bits per heavy atom. The summed E-state index contributed by atoms with van der Waals surface area (Å²) in [4.78, 5) is 17.4. The number of sulfonamides is 1. The molecule has 0 spiro atoms. The Morgan fingerprint density at radius 2 is 1.85 bits per heavy atom. The van der Waals surface area contributed by atoms with Gasteiger partial charge in [-0.25, -0.2) is 12.7 Å². The minimum atomic E-state index is -3.35. The fraction of sp³-hybridized carbons (Fsp3) is 0.483. The molecular weight excluding hydrogens is 514 g/mol. The van der Waals surface area contributed by atoms with Crippen LogP contribution in [0.15, 0.2) is 48.7 Å². The van der Waals surface area contributed by atoms with Crippen LogP contribution < -0.4 is 11.1 Å². The van der Waals surface area contributed by atoms with Gasteiger partial charge in [-0.05, 0) is 59.6 Å². The van der Waals surface area contributed by atoms with Crippen LogP contribution >= 0.6 is 0 Å². The molecule has 2 aliphatic heterocycles. The molecule has 1 amide bonds. The minimum Gasteiger partial charge on any atom is -0.396 e. The molecular formula is C29H39N5O4S. The number of piperazine rings is 1. The van der Waals surface area contributed by atoms with E-state index < -0.39 is 10.0 Å². The number of H-pyrrole nitrogens is 1. The molecule has 0 aliphatic carbocycles. The Morgan fingerprint density at radius 1 is 1.08 bits per heavy atom. The van der Waals surface area contributed by atoms with Gasteiger partial charge in [0, 0.05) is 69.0 Å². The average molecular weight is 554 g/mol. The van der Waals surface area contributed by atoms with Crippen molar-refractivity contribution in [1.82, 2.24) is 19.5 Å². The number of aliphatic hydroxyl groups is 1. The van der Waals surface area contributed by atoms with Crippen LogP contribution in [0.3, 0.4) is 0 Å². The molecule has 10 heteroatoms. The predicted molar refractivity (Wildman–Crippen MR) is 154 cm³/mol. The molecule has 3 heterocycles. The van der Waals surface area contributed by atoms with Crippen LogP contribution in [0, 0.1) is 0 Å². The zero-order valence-electron chi connectivity index (χ0n) is 22.3. The molecule has 2 saturated heterocycles. The van der Waals surface area contributed by atoms with Crippen molar-refractivity contribution >= 4 is 26.8 Å². The number of nitrogens with two attached hydrogens (primary N) is 1. The fourth-order valence-corrected chi connectivity index (χ4v) is 7.57. The number of aromatic amines is 1. The maximum atomic E-state index is 13.2. The molecule has 0 saturated carbocycles. The summed E-state index contributed by atoms with van der Waals surface area (Å²) < 4.78 is 28.0. The highest BCUT2D eigenvalue weighted by molar-refractivity contribution is 7.89. The molecule has 2 fully saturated rings. The van der Waals surface area contributed by atoms with E-state index in [0.717, 1.165) is 60.1 Å². The molecule has 0 radical (unpaired) electrons. The molecule has 5 rings (SSSR count). The average Bonchev–Trinajstić information content (AvgIpc) is 3.37. The second-order valence-electron chi connectivity index (χ2n) is 10.8. The van der Waals surface area contributed by atoms with Crippen molar-refractivity contribution in [3.05, 3.63) is 59.8 Å². The predicted octanol–water partition coefficient (Wildman–Crippen LogP) is 2.03. The standard InChI is InChI=1S/C29H39N5O4S/c30-28(36)18-24-16-23(21-4-2-1-3-5-21)17-26-27(19-32-29(24)26)22-6-10-34(11-7-22)39(37,38)15-13-33-12-9-31-25(20-33)8-14-35/h1-5,16-17,19,22,25,31-32,35H,6-15,18,20H2,(H2,30,36). The largest absolute Gasteiger partial charge is 0.396 e. The molecule has 1 unspecified atom stereocenters. The Labute approximate surface area is 230 Å². The normalized spacial score (nSPS) is 20.0. The van der Waals surface area contributed by atoms with E-state index in [2.05, 4.69) is 33.4 Å². The van der Waals surface area contributed by atoms with Crippen molar-refractivity contribution in [2.45, 2.75) is 37.6 Å². The van der Waals surface area contributed by atoms with Crippen LogP contribution in [0.2, 0.25) is 0 Å². The lowest BCUT2D eigenvalue weighted by Crippen LogP contribution is -2.52. The summed E-state index contributed by atoms with van der Waals surface area (Å²) in [6, 6.07) is 14.5. The van der Waals surface area contributed by atoms with Gasteiger partial charge in [0.2, 0.25) is 15.9 Å². The molecule has 3 aromatic rings. The number of amides is 1. The van der Waals surface area contributed by atoms with Crippen molar-refractivity contribution in [3.8, 4) is 11.1 Å². The molecule has 0 bridgehead atoms. The SMILES string of the molecule is NC(=O)Cc1cc(-c2ccccc2)cc2c(C3CCN(S(=O)(=O)CCN4CCNC(CCO)C4)CC3)c[nH]c12. The summed E-state index contributed by atoms with van der Waals surface area (Å²) >= 11 is 0. The highest BCUT2D eigenvalue weighted by Gasteiger charge is 2.31. The number of hydrogen-bond donors (Lipinski definition) is 4. The third kappa shape index (κ3) is 6.53. The number of aliphatic hydroxyl groups excluding tert-OH is 1. The first kappa shape index (κ1) is 27.8. The van der Waals surface area contributed by atoms with Gasteiger partial charge in [0.1, 0.15) is 0 Å². The summed E-state index contributed by atoms with van der Waals surface area (Å²) in [6.45, 7) is 4.05. The molecule has 9 nitrogen and oxygen atoms in total. The molecule has 1 aromatic heterocycles. The van der Waals surface area contributed by atoms with Crippen LogP contribution in [0.1, 0.15) is 36.3 Å². The minimum absolute atomic E-state index is 0.119. The van der Waals surface area contributed by atoms with Crippen molar-refractivity contribution in [2.75, 3.05) is 51.6 Å². The Bertz CT molecular complexity index is 1380. The Balaban J connectivity index is 1.28. The zero-order valence-corrected chi connectivity index (χ0v) is 23.1. The fourth-order valence-electron chi connectivity index (χ4n) is 6.06. The first-order valence-electron chi connectivity index (χ1n) is 13.9. The lowest BCUT2D eigenvalue weighted by atomic mass is 9.88. The second kappa shape index (κ2) is 12.2. The second-order valence-corrected chi connectivity index (χ2v) is 12.9. The zero-order chi connectivity index (χ0) is 27.4. The van der Waals surface area contributed by atoms with Crippen LogP contribution in [0.5, 0.6) is 0 Å². The first-order chi connectivity index (χ1) is 18.8. The maximum absolute atomic E-state index is 13.2. The van der Waals surface area contributed by atoms with Gasteiger partial charge in [0.05, 0.1) is 12.2 Å². The van der Waals surface area contributed by atoms with Crippen LogP contribution in [-0.2, 0) is 21.2 Å². The molecule has 39 heavy (non-hydrogen) atoms. The number of nitrogens with zero attached hydrogens (tertiary/aromatic N) is 2. The number of piperidine rings is 1. The van der Waals surface area contributed by atoms with Crippen LogP contribution in [0.25, 0.3) is 22.0 Å². The lowest BCUT2D eigenvalue weighted by molar-refractivity contribution is -0.117. The smallest absolute Gasteiger partial charge is 0.221 e. The van der Waals surface area contributed by atoms with E-state index in [9.17, 15) is 18.3 Å². The number of aromatic nitrogens is 1. The third-order valence-corrected chi connectivity index (χ3v) is 10.00. The van der Waals surface area contributed by atoms with E-state index in [0.29, 0.717) is 26.1 Å². The van der Waals surface area contributed by atoms with Gasteiger partial charge in [0.15, 0.2) is 0 Å². The molecule has 2 aliphatic rings. The summed E-state index contributed by atoms with van der Waals surface area (Å²) in [5.74, 6) is -0.0287. The maximum Gasteiger partial charge on any atom is 0.221 e. The Hall–Kier alpha value is -2.76. The van der Waals surface area contributed by atoms with Gasteiger partial charge in [-0.3, -0.25) is 9.69 Å². The number of carbonyl (C=O) groups is 1. The van der Waals surface area contributed by atoms with Crippen molar-refractivity contribution in [2.24, 2.45) is 5.73 Å². The lowest BCUT2D eigenvalue weighted by Gasteiger charge is -2.35. The van der Waals surface area contributed by atoms with Crippen molar-refractivity contribution in [1.29, 1.82) is 0 Å². The molecule has 5 N–H and O–H groups in total. The van der Waals surface area contributed by atoms with Crippen molar-refractivity contribution < 1.29 is 18.3 Å². The topological polar surface area (TPSA) is 132 Å². The molecule has 2 aromatic carbocycles. The van der Waals surface area contributed by atoms with Crippen LogP contribution in [0.4, 0.5) is 0 Å². The highest BCUT2D eigenvalue weighted by atomic mass is 32.2. The number of hydrogen-bond acceptors (Lipinski definition) is 6. The number of nitrogens with one attached hydrogen (secondary N) is 2. The summed E-state index contributed by atoms with van der Waals surface area (Å²) in [6.07, 6.45) is 4.35. The van der Waals surface area contributed by atoms with Crippen LogP contribution in [-0.4, -0.2) is 91.3 Å². The summed E-state index contributed by atoms with van der Waals surface area (Å²) in [7, 11) is -3.35. The van der Waals surface area contributed by atoms with E-state index in [1.54, 1.807) is 4.31 Å². The number of rotatable bonds is 10. The molecule has 1 atom stereocenters. The first-order valence-corrected chi connectivity index (χ1v) is 15.5. The van der Waals surface area contributed by atoms with E-state index in [1.807, 2.05) is 30.5 Å². The van der Waals surface area contributed by atoms with Gasteiger partial charge in [0.25, 0.3) is 0 Å². The van der Waals surface area contributed by atoms with Gasteiger partial charge in [-0.2, -0.15) is 0 Å². The monoisotopic (exact) mass is 553 g/mol. The summed E-state index contributed by atoms with van der Waals surface area (Å²) in [5.41, 5.74) is 10.6. The number of primary amides is 1. The van der Waals surface area contributed by atoms with Crippen molar-refractivity contribution in [3.63, 3.8) is 0 Å². The quantitative estimate of drug-likeness (QED) is 0.304. The van der Waals surface area contributed by atoms with E-state index in [-0.39, 0.29) is 36.6 Å². The van der Waals surface area contributed by atoms with E-state index >= 15 is 0 Å². The summed E-state index contributed by atoms with van der Waals surface area (Å²) in [5, 5.41) is 13.7. The van der Waals surface area contributed by atoms with E-state index in [1.165, 1.54) is 5.56 Å². The van der Waals surface area contributed by atoms with Gasteiger partial charge < -0.3 is 21.1 Å². The third-order valence-electron chi connectivity index (χ3n) is 8.14. The van der Waals surface area contributed by atoms with E-state index in [4.69, 9.17) is 5.73 Å². The number of carbonyl (C=O) groups excluding carboxylic acids is 1.